The molecule has 0 bridgehead atoms. The number of aromatic nitrogens is 1. The molecule has 1 atom stereocenters. The van der Waals surface area contributed by atoms with Crippen LogP contribution in [-0.2, 0) is 6.42 Å². The molecule has 1 heterocycles. The Morgan fingerprint density at radius 1 is 1.29 bits per heavy atom. The van der Waals surface area contributed by atoms with Crippen molar-refractivity contribution in [3.8, 4) is 0 Å². The third kappa shape index (κ3) is 2.69. The van der Waals surface area contributed by atoms with E-state index in [-0.39, 0.29) is 0 Å². The molecule has 74 valence electrons. The first-order valence-electron chi connectivity index (χ1n) is 5.52. The Balaban J connectivity index is 1.96. The Morgan fingerprint density at radius 2 is 2.29 bits per heavy atom. The maximum absolute atomic E-state index is 4.37. The molecule has 1 heteroatoms. The fourth-order valence-electron chi connectivity index (χ4n) is 2.01. The van der Waals surface area contributed by atoms with E-state index in [1.807, 2.05) is 12.3 Å². The van der Waals surface area contributed by atoms with Crippen molar-refractivity contribution in [2.75, 3.05) is 0 Å². The van der Waals surface area contributed by atoms with Gasteiger partial charge in [0.15, 0.2) is 0 Å². The van der Waals surface area contributed by atoms with Crippen molar-refractivity contribution >= 4 is 0 Å². The summed E-state index contributed by atoms with van der Waals surface area (Å²) in [6.07, 6.45) is 13.0. The van der Waals surface area contributed by atoms with Crippen LogP contribution in [0.2, 0.25) is 0 Å². The Hall–Kier alpha value is -1.11. The molecule has 0 N–H and O–H groups in total. The van der Waals surface area contributed by atoms with Gasteiger partial charge in [-0.3, -0.25) is 4.98 Å². The first kappa shape index (κ1) is 9.45. The van der Waals surface area contributed by atoms with Gasteiger partial charge in [0.05, 0.1) is 0 Å². The molecule has 1 nitrogen and oxygen atoms in total. The van der Waals surface area contributed by atoms with E-state index in [2.05, 4.69) is 29.3 Å². The van der Waals surface area contributed by atoms with Gasteiger partial charge in [0.25, 0.3) is 0 Å². The van der Waals surface area contributed by atoms with Crippen molar-refractivity contribution in [3.05, 3.63) is 42.2 Å². The Bertz CT molecular complexity index is 289. The lowest BCUT2D eigenvalue weighted by atomic mass is 9.98. The molecule has 0 amide bonds. The lowest BCUT2D eigenvalue weighted by Crippen LogP contribution is -2.01. The van der Waals surface area contributed by atoms with Crippen molar-refractivity contribution in [2.45, 2.75) is 32.1 Å². The molecule has 0 fully saturated rings. The van der Waals surface area contributed by atoms with Gasteiger partial charge in [-0.1, -0.05) is 24.6 Å². The van der Waals surface area contributed by atoms with E-state index < -0.39 is 0 Å². The number of hydrogen-bond donors (Lipinski definition) is 0. The SMILES string of the molecule is C1=C[C@H](Cc2ccccn2)CCCC1. The van der Waals surface area contributed by atoms with E-state index in [4.69, 9.17) is 0 Å². The zero-order valence-corrected chi connectivity index (χ0v) is 8.52. The van der Waals surface area contributed by atoms with Crippen LogP contribution in [0, 0.1) is 5.92 Å². The van der Waals surface area contributed by atoms with Gasteiger partial charge in [0, 0.05) is 11.9 Å². The fraction of sp³-hybridized carbons (Fsp3) is 0.462. The minimum Gasteiger partial charge on any atom is -0.261 e. The highest BCUT2D eigenvalue weighted by atomic mass is 14.7. The molecule has 1 aliphatic carbocycles. The average Bonchev–Trinajstić information content (AvgIpc) is 2.48. The van der Waals surface area contributed by atoms with Crippen LogP contribution in [0.3, 0.4) is 0 Å². The maximum Gasteiger partial charge on any atom is 0.0409 e. The molecular formula is C13H17N. The lowest BCUT2D eigenvalue weighted by Gasteiger charge is -2.09. The van der Waals surface area contributed by atoms with Crippen LogP contribution in [-0.4, -0.2) is 4.98 Å². The lowest BCUT2D eigenvalue weighted by molar-refractivity contribution is 0.554. The summed E-state index contributed by atoms with van der Waals surface area (Å²) in [5.41, 5.74) is 1.23. The molecule has 14 heavy (non-hydrogen) atoms. The molecular weight excluding hydrogens is 170 g/mol. The Kier molecular flexibility index (Phi) is 3.33. The monoisotopic (exact) mass is 187 g/mol. The predicted molar refractivity (Wildman–Crippen MR) is 59.0 cm³/mol. The predicted octanol–water partition coefficient (Wildman–Crippen LogP) is 3.37. The van der Waals surface area contributed by atoms with Crippen LogP contribution < -0.4 is 0 Å². The molecule has 0 aliphatic heterocycles. The fourth-order valence-corrected chi connectivity index (χ4v) is 2.01. The van der Waals surface area contributed by atoms with E-state index in [0.717, 1.165) is 6.42 Å². The summed E-state index contributed by atoms with van der Waals surface area (Å²) in [4.78, 5) is 4.37. The molecule has 0 spiro atoms. The summed E-state index contributed by atoms with van der Waals surface area (Å²) >= 11 is 0. The summed E-state index contributed by atoms with van der Waals surface area (Å²) in [6, 6.07) is 6.17. The van der Waals surface area contributed by atoms with Gasteiger partial charge < -0.3 is 0 Å². The van der Waals surface area contributed by atoms with Gasteiger partial charge in [0.1, 0.15) is 0 Å². The zero-order valence-electron chi connectivity index (χ0n) is 8.52. The molecule has 0 saturated heterocycles. The van der Waals surface area contributed by atoms with Crippen LogP contribution in [0.5, 0.6) is 0 Å². The molecule has 2 rings (SSSR count). The number of pyridine rings is 1. The molecule has 1 aliphatic rings. The van der Waals surface area contributed by atoms with E-state index in [9.17, 15) is 0 Å². The molecule has 0 saturated carbocycles. The summed E-state index contributed by atoms with van der Waals surface area (Å²) in [7, 11) is 0. The van der Waals surface area contributed by atoms with Crippen LogP contribution in [0.4, 0.5) is 0 Å². The van der Waals surface area contributed by atoms with Crippen LogP contribution in [0.1, 0.15) is 31.4 Å². The minimum atomic E-state index is 0.715. The molecule has 0 aromatic carbocycles. The molecule has 0 radical (unpaired) electrons. The number of nitrogens with zero attached hydrogens (tertiary/aromatic N) is 1. The third-order valence-corrected chi connectivity index (χ3v) is 2.80. The summed E-state index contributed by atoms with van der Waals surface area (Å²) < 4.78 is 0. The van der Waals surface area contributed by atoms with Crippen molar-refractivity contribution in [1.82, 2.24) is 4.98 Å². The second-order valence-corrected chi connectivity index (χ2v) is 4.00. The van der Waals surface area contributed by atoms with E-state index >= 15 is 0 Å². The number of rotatable bonds is 2. The first-order valence-corrected chi connectivity index (χ1v) is 5.52. The summed E-state index contributed by atoms with van der Waals surface area (Å²) in [5, 5.41) is 0. The number of hydrogen-bond acceptors (Lipinski definition) is 1. The molecule has 0 unspecified atom stereocenters. The quantitative estimate of drug-likeness (QED) is 0.647. The van der Waals surface area contributed by atoms with Gasteiger partial charge in [0.2, 0.25) is 0 Å². The van der Waals surface area contributed by atoms with Crippen molar-refractivity contribution < 1.29 is 0 Å². The summed E-state index contributed by atoms with van der Waals surface area (Å²) in [5.74, 6) is 0.715. The van der Waals surface area contributed by atoms with E-state index in [1.54, 1.807) is 0 Å². The first-order chi connectivity index (χ1) is 6.95. The van der Waals surface area contributed by atoms with Gasteiger partial charge in [-0.15, -0.1) is 0 Å². The van der Waals surface area contributed by atoms with Crippen molar-refractivity contribution in [2.24, 2.45) is 5.92 Å². The largest absolute Gasteiger partial charge is 0.261 e. The smallest absolute Gasteiger partial charge is 0.0409 e. The normalized spacial score (nSPS) is 21.9. The standard InChI is InChI=1S/C13H17N/c1-2-4-8-12(7-3-1)11-13-9-5-6-10-14-13/h3,5-7,9-10,12H,1-2,4,8,11H2/t12-/m0/s1. The van der Waals surface area contributed by atoms with E-state index in [1.165, 1.54) is 31.4 Å². The van der Waals surface area contributed by atoms with Crippen LogP contribution >= 0.6 is 0 Å². The highest BCUT2D eigenvalue weighted by Gasteiger charge is 2.08. The van der Waals surface area contributed by atoms with Gasteiger partial charge >= 0.3 is 0 Å². The van der Waals surface area contributed by atoms with Crippen LogP contribution in [0.15, 0.2) is 36.5 Å². The van der Waals surface area contributed by atoms with Gasteiger partial charge in [-0.25, -0.2) is 0 Å². The highest BCUT2D eigenvalue weighted by Crippen LogP contribution is 2.19. The minimum absolute atomic E-state index is 0.715. The van der Waals surface area contributed by atoms with E-state index in [0.29, 0.717) is 5.92 Å². The van der Waals surface area contributed by atoms with Crippen molar-refractivity contribution in [3.63, 3.8) is 0 Å². The second-order valence-electron chi connectivity index (χ2n) is 4.00. The Labute approximate surface area is 85.9 Å². The summed E-state index contributed by atoms with van der Waals surface area (Å²) in [6.45, 7) is 0. The highest BCUT2D eigenvalue weighted by molar-refractivity contribution is 5.07. The zero-order chi connectivity index (χ0) is 9.64. The van der Waals surface area contributed by atoms with Gasteiger partial charge in [-0.05, 0) is 43.7 Å². The van der Waals surface area contributed by atoms with Crippen LogP contribution in [0.25, 0.3) is 0 Å². The second kappa shape index (κ2) is 4.94. The average molecular weight is 187 g/mol. The Morgan fingerprint density at radius 3 is 3.14 bits per heavy atom. The molecule has 1 aromatic rings. The van der Waals surface area contributed by atoms with Crippen molar-refractivity contribution in [1.29, 1.82) is 0 Å². The maximum atomic E-state index is 4.37. The number of allylic oxidation sites excluding steroid dienone is 2. The molecule has 1 aromatic heterocycles. The topological polar surface area (TPSA) is 12.9 Å². The third-order valence-electron chi connectivity index (χ3n) is 2.80. The van der Waals surface area contributed by atoms with Gasteiger partial charge in [-0.2, -0.15) is 0 Å².